The minimum atomic E-state index is -0.165. The van der Waals surface area contributed by atoms with E-state index in [1.165, 1.54) is 12.5 Å². The number of anilines is 2. The van der Waals surface area contributed by atoms with Gasteiger partial charge in [-0.2, -0.15) is 0 Å². The zero-order valence-corrected chi connectivity index (χ0v) is 17.6. The minimum Gasteiger partial charge on any atom is -0.495 e. The van der Waals surface area contributed by atoms with Gasteiger partial charge in [-0.1, -0.05) is 39.0 Å². The van der Waals surface area contributed by atoms with Gasteiger partial charge in [0.25, 0.3) is 0 Å². The SMILES string of the molecule is COc1ccc(C)cc1NC(=O)CCN(C(C)=O)c1ccc(C(C)(C)C)cc1. The first-order valence-corrected chi connectivity index (χ1v) is 9.45. The lowest BCUT2D eigenvalue weighted by molar-refractivity contribution is -0.117. The van der Waals surface area contributed by atoms with Gasteiger partial charge in [-0.3, -0.25) is 9.59 Å². The van der Waals surface area contributed by atoms with Crippen molar-refractivity contribution in [2.45, 2.75) is 46.5 Å². The number of nitrogens with zero attached hydrogens (tertiary/aromatic N) is 1. The van der Waals surface area contributed by atoms with Crippen LogP contribution in [0, 0.1) is 6.92 Å². The molecular weight excluding hydrogens is 352 g/mol. The lowest BCUT2D eigenvalue weighted by Crippen LogP contribution is -2.32. The van der Waals surface area contributed by atoms with Crippen LogP contribution in [-0.2, 0) is 15.0 Å². The second kappa shape index (κ2) is 8.91. The Bertz CT molecular complexity index is 836. The predicted octanol–water partition coefficient (Wildman–Crippen LogP) is 4.68. The summed E-state index contributed by atoms with van der Waals surface area (Å²) in [7, 11) is 1.57. The van der Waals surface area contributed by atoms with Gasteiger partial charge in [0.05, 0.1) is 12.8 Å². The molecule has 28 heavy (non-hydrogen) atoms. The Morgan fingerprint density at radius 2 is 1.71 bits per heavy atom. The fraction of sp³-hybridized carbons (Fsp3) is 0.391. The highest BCUT2D eigenvalue weighted by atomic mass is 16.5. The van der Waals surface area contributed by atoms with E-state index in [2.05, 4.69) is 26.1 Å². The first-order chi connectivity index (χ1) is 13.1. The minimum absolute atomic E-state index is 0.0480. The van der Waals surface area contributed by atoms with E-state index >= 15 is 0 Å². The molecule has 0 saturated heterocycles. The number of carbonyl (C=O) groups excluding carboxylic acids is 2. The predicted molar refractivity (Wildman–Crippen MR) is 114 cm³/mol. The number of ether oxygens (including phenoxy) is 1. The molecular formula is C23H30N2O3. The number of nitrogens with one attached hydrogen (secondary N) is 1. The summed E-state index contributed by atoms with van der Waals surface area (Å²) < 4.78 is 5.29. The van der Waals surface area contributed by atoms with E-state index in [4.69, 9.17) is 4.74 Å². The molecule has 0 radical (unpaired) electrons. The Kier molecular flexibility index (Phi) is 6.84. The quantitative estimate of drug-likeness (QED) is 0.789. The van der Waals surface area contributed by atoms with Crippen molar-refractivity contribution in [3.8, 4) is 5.75 Å². The summed E-state index contributed by atoms with van der Waals surface area (Å²) in [4.78, 5) is 26.2. The monoisotopic (exact) mass is 382 g/mol. The molecule has 2 rings (SSSR count). The van der Waals surface area contributed by atoms with E-state index in [1.807, 2.05) is 49.4 Å². The van der Waals surface area contributed by atoms with Gasteiger partial charge in [0.1, 0.15) is 5.75 Å². The number of benzene rings is 2. The van der Waals surface area contributed by atoms with Crippen molar-refractivity contribution in [1.82, 2.24) is 0 Å². The van der Waals surface area contributed by atoms with Crippen LogP contribution in [0.15, 0.2) is 42.5 Å². The summed E-state index contributed by atoms with van der Waals surface area (Å²) in [5.74, 6) is 0.353. The van der Waals surface area contributed by atoms with Gasteiger partial charge < -0.3 is 15.0 Å². The van der Waals surface area contributed by atoms with Crippen molar-refractivity contribution in [1.29, 1.82) is 0 Å². The van der Waals surface area contributed by atoms with Gasteiger partial charge in [-0.05, 0) is 47.7 Å². The molecule has 5 heteroatoms. The van der Waals surface area contributed by atoms with Crippen LogP contribution in [0.5, 0.6) is 5.75 Å². The molecule has 0 aliphatic heterocycles. The van der Waals surface area contributed by atoms with Crippen molar-refractivity contribution >= 4 is 23.2 Å². The van der Waals surface area contributed by atoms with Crippen molar-refractivity contribution in [3.05, 3.63) is 53.6 Å². The number of methoxy groups -OCH3 is 1. The molecule has 150 valence electrons. The van der Waals surface area contributed by atoms with E-state index in [0.717, 1.165) is 11.3 Å². The largest absolute Gasteiger partial charge is 0.495 e. The average molecular weight is 383 g/mol. The van der Waals surface area contributed by atoms with Crippen LogP contribution in [0.3, 0.4) is 0 Å². The Hall–Kier alpha value is -2.82. The first-order valence-electron chi connectivity index (χ1n) is 9.45. The highest BCUT2D eigenvalue weighted by Crippen LogP contribution is 2.26. The van der Waals surface area contributed by atoms with E-state index in [0.29, 0.717) is 18.0 Å². The maximum absolute atomic E-state index is 12.4. The Morgan fingerprint density at radius 3 is 2.25 bits per heavy atom. The van der Waals surface area contributed by atoms with Crippen molar-refractivity contribution < 1.29 is 14.3 Å². The second-order valence-electron chi connectivity index (χ2n) is 7.97. The van der Waals surface area contributed by atoms with Gasteiger partial charge in [-0.15, -0.1) is 0 Å². The Balaban J connectivity index is 2.06. The van der Waals surface area contributed by atoms with Gasteiger partial charge in [0.2, 0.25) is 11.8 Å². The fourth-order valence-electron chi connectivity index (χ4n) is 2.96. The lowest BCUT2D eigenvalue weighted by atomic mass is 9.87. The number of rotatable bonds is 6. The topological polar surface area (TPSA) is 58.6 Å². The molecule has 0 unspecified atom stereocenters. The summed E-state index contributed by atoms with van der Waals surface area (Å²) >= 11 is 0. The number of aryl methyl sites for hydroxylation is 1. The normalized spacial score (nSPS) is 11.1. The standard InChI is InChI=1S/C23H30N2O3/c1-16-7-12-21(28-6)20(15-16)24-22(27)13-14-25(17(2)26)19-10-8-18(9-11-19)23(3,4)5/h7-12,15H,13-14H2,1-6H3,(H,24,27). The Labute approximate surface area is 167 Å². The van der Waals surface area contributed by atoms with Crippen molar-refractivity contribution in [2.24, 2.45) is 0 Å². The van der Waals surface area contributed by atoms with Crippen molar-refractivity contribution in [3.63, 3.8) is 0 Å². The molecule has 1 N–H and O–H groups in total. The maximum atomic E-state index is 12.4. The third-order valence-corrected chi connectivity index (χ3v) is 4.62. The van der Waals surface area contributed by atoms with Crippen LogP contribution < -0.4 is 15.0 Å². The van der Waals surface area contributed by atoms with E-state index in [9.17, 15) is 9.59 Å². The summed E-state index contributed by atoms with van der Waals surface area (Å²) in [6.45, 7) is 10.2. The summed E-state index contributed by atoms with van der Waals surface area (Å²) in [5, 5.41) is 2.88. The third kappa shape index (κ3) is 5.59. The number of amides is 2. The molecule has 2 aromatic carbocycles. The van der Waals surface area contributed by atoms with Crippen LogP contribution in [0.1, 0.15) is 45.2 Å². The molecule has 0 bridgehead atoms. The molecule has 2 amide bonds. The van der Waals surface area contributed by atoms with E-state index in [1.54, 1.807) is 12.0 Å². The second-order valence-corrected chi connectivity index (χ2v) is 7.97. The van der Waals surface area contributed by atoms with Crippen LogP contribution in [0.2, 0.25) is 0 Å². The molecule has 0 heterocycles. The molecule has 5 nitrogen and oxygen atoms in total. The van der Waals surface area contributed by atoms with Gasteiger partial charge in [0, 0.05) is 25.6 Å². The molecule has 0 saturated carbocycles. The fourth-order valence-corrected chi connectivity index (χ4v) is 2.96. The summed E-state index contributed by atoms with van der Waals surface area (Å²) in [6, 6.07) is 13.5. The molecule has 0 aliphatic carbocycles. The smallest absolute Gasteiger partial charge is 0.226 e. The van der Waals surface area contributed by atoms with Gasteiger partial charge >= 0.3 is 0 Å². The molecule has 0 aliphatic rings. The zero-order chi connectivity index (χ0) is 20.9. The summed E-state index contributed by atoms with van der Waals surface area (Å²) in [5.41, 5.74) is 3.70. The summed E-state index contributed by atoms with van der Waals surface area (Å²) in [6.07, 6.45) is 0.192. The highest BCUT2D eigenvalue weighted by Gasteiger charge is 2.17. The number of carbonyl (C=O) groups is 2. The highest BCUT2D eigenvalue weighted by molar-refractivity contribution is 5.95. The van der Waals surface area contributed by atoms with E-state index < -0.39 is 0 Å². The van der Waals surface area contributed by atoms with Gasteiger partial charge in [0.15, 0.2) is 0 Å². The molecule has 0 spiro atoms. The number of hydrogen-bond donors (Lipinski definition) is 1. The number of hydrogen-bond acceptors (Lipinski definition) is 3. The van der Waals surface area contributed by atoms with Crippen molar-refractivity contribution in [2.75, 3.05) is 23.9 Å². The van der Waals surface area contributed by atoms with Crippen LogP contribution in [0.25, 0.3) is 0 Å². The average Bonchev–Trinajstić information content (AvgIpc) is 2.61. The third-order valence-electron chi connectivity index (χ3n) is 4.62. The molecule has 0 fully saturated rings. The maximum Gasteiger partial charge on any atom is 0.226 e. The first kappa shape index (κ1) is 21.5. The lowest BCUT2D eigenvalue weighted by Gasteiger charge is -2.24. The molecule has 2 aromatic rings. The molecule has 0 aromatic heterocycles. The van der Waals surface area contributed by atoms with Gasteiger partial charge in [-0.25, -0.2) is 0 Å². The Morgan fingerprint density at radius 1 is 1.07 bits per heavy atom. The zero-order valence-electron chi connectivity index (χ0n) is 17.6. The van der Waals surface area contributed by atoms with Crippen LogP contribution in [0.4, 0.5) is 11.4 Å². The van der Waals surface area contributed by atoms with E-state index in [-0.39, 0.29) is 23.7 Å². The van der Waals surface area contributed by atoms with Crippen LogP contribution >= 0.6 is 0 Å². The molecule has 0 atom stereocenters. The van der Waals surface area contributed by atoms with Crippen LogP contribution in [-0.4, -0.2) is 25.5 Å².